The van der Waals surface area contributed by atoms with E-state index in [2.05, 4.69) is 0 Å². The minimum Gasteiger partial charge on any atom is -0.497 e. The predicted octanol–water partition coefficient (Wildman–Crippen LogP) is 3.99. The molecule has 0 aliphatic rings. The van der Waals surface area contributed by atoms with Crippen LogP contribution in [0.4, 0.5) is 0 Å². The smallest absolute Gasteiger partial charge is 0.194 e. The van der Waals surface area contributed by atoms with E-state index in [1.165, 1.54) is 0 Å². The lowest BCUT2D eigenvalue weighted by Crippen LogP contribution is -2.28. The van der Waals surface area contributed by atoms with Crippen molar-refractivity contribution in [3.63, 3.8) is 0 Å². The highest BCUT2D eigenvalue weighted by molar-refractivity contribution is 6.30. The number of methoxy groups -OCH3 is 1. The van der Waals surface area contributed by atoms with E-state index in [9.17, 15) is 10.1 Å². The zero-order valence-corrected chi connectivity index (χ0v) is 13.6. The normalized spacial score (nSPS) is 12.8. The second-order valence-corrected chi connectivity index (χ2v) is 5.39. The van der Waals surface area contributed by atoms with Crippen LogP contribution < -0.4 is 9.47 Å². The van der Waals surface area contributed by atoms with Crippen molar-refractivity contribution < 1.29 is 14.3 Å². The molecule has 118 valence electrons. The number of ether oxygens (including phenoxy) is 2. The Morgan fingerprint density at radius 2 is 1.83 bits per heavy atom. The highest BCUT2D eigenvalue weighted by Crippen LogP contribution is 2.24. The van der Waals surface area contributed by atoms with Gasteiger partial charge in [-0.25, -0.2) is 0 Å². The van der Waals surface area contributed by atoms with Gasteiger partial charge in [0.05, 0.1) is 13.2 Å². The van der Waals surface area contributed by atoms with Gasteiger partial charge in [0.2, 0.25) is 0 Å². The molecular weight excluding hydrogens is 314 g/mol. The van der Waals surface area contributed by atoms with E-state index in [1.54, 1.807) is 62.6 Å². The summed E-state index contributed by atoms with van der Waals surface area (Å²) in [6.07, 6.45) is -0.762. The molecule has 23 heavy (non-hydrogen) atoms. The highest BCUT2D eigenvalue weighted by atomic mass is 35.5. The molecule has 2 atom stereocenters. The van der Waals surface area contributed by atoms with E-state index >= 15 is 0 Å². The van der Waals surface area contributed by atoms with Gasteiger partial charge in [-0.15, -0.1) is 0 Å². The monoisotopic (exact) mass is 329 g/mol. The summed E-state index contributed by atoms with van der Waals surface area (Å²) >= 11 is 5.83. The van der Waals surface area contributed by atoms with Gasteiger partial charge in [0.25, 0.3) is 0 Å². The number of hydrogen-bond acceptors (Lipinski definition) is 4. The SMILES string of the molecule is COc1cccc(OC(C)C(=O)C(C#N)c2ccc(Cl)cc2)c1. The summed E-state index contributed by atoms with van der Waals surface area (Å²) in [5.74, 6) is -0.0554. The first-order chi connectivity index (χ1) is 11.0. The van der Waals surface area contributed by atoms with Crippen LogP contribution in [0.2, 0.25) is 5.02 Å². The van der Waals surface area contributed by atoms with Crippen LogP contribution in [0.25, 0.3) is 0 Å². The fraction of sp³-hybridized carbons (Fsp3) is 0.222. The lowest BCUT2D eigenvalue weighted by atomic mass is 9.93. The second-order valence-electron chi connectivity index (χ2n) is 4.96. The van der Waals surface area contributed by atoms with Crippen molar-refractivity contribution in [1.29, 1.82) is 5.26 Å². The Morgan fingerprint density at radius 3 is 2.43 bits per heavy atom. The molecule has 0 aliphatic carbocycles. The van der Waals surface area contributed by atoms with E-state index in [0.29, 0.717) is 22.1 Å². The number of Topliss-reactive ketones (excluding diaryl/α,β-unsaturated/α-hetero) is 1. The molecule has 0 bridgehead atoms. The van der Waals surface area contributed by atoms with E-state index in [0.717, 1.165) is 0 Å². The van der Waals surface area contributed by atoms with Crippen molar-refractivity contribution in [2.24, 2.45) is 0 Å². The molecule has 0 heterocycles. The number of nitriles is 1. The molecule has 0 N–H and O–H groups in total. The van der Waals surface area contributed by atoms with Crippen LogP contribution in [-0.2, 0) is 4.79 Å². The third-order valence-corrected chi connectivity index (χ3v) is 3.62. The molecule has 0 aliphatic heterocycles. The maximum atomic E-state index is 12.5. The van der Waals surface area contributed by atoms with Gasteiger partial charge < -0.3 is 9.47 Å². The van der Waals surface area contributed by atoms with E-state index in [1.807, 2.05) is 6.07 Å². The number of ketones is 1. The van der Waals surface area contributed by atoms with Gasteiger partial charge in [-0.05, 0) is 36.8 Å². The molecule has 0 aromatic heterocycles. The van der Waals surface area contributed by atoms with Crippen molar-refractivity contribution in [2.45, 2.75) is 18.9 Å². The standard InChI is InChI=1S/C18H16ClNO3/c1-12(23-16-5-3-4-15(10-16)22-2)18(21)17(11-20)13-6-8-14(19)9-7-13/h3-10,12,17H,1-2H3. The first-order valence-corrected chi connectivity index (χ1v) is 7.42. The summed E-state index contributed by atoms with van der Waals surface area (Å²) < 4.78 is 10.8. The Morgan fingerprint density at radius 1 is 1.17 bits per heavy atom. The molecule has 0 spiro atoms. The Hall–Kier alpha value is -2.51. The number of benzene rings is 2. The number of halogens is 1. The maximum absolute atomic E-state index is 12.5. The summed E-state index contributed by atoms with van der Waals surface area (Å²) in [5.41, 5.74) is 0.600. The van der Waals surface area contributed by atoms with Gasteiger partial charge in [0.1, 0.15) is 17.4 Å². The zero-order valence-electron chi connectivity index (χ0n) is 12.8. The Kier molecular flexibility index (Phi) is 5.61. The van der Waals surface area contributed by atoms with Crippen LogP contribution in [0.1, 0.15) is 18.4 Å². The molecular formula is C18H16ClNO3. The van der Waals surface area contributed by atoms with Gasteiger partial charge in [0.15, 0.2) is 11.9 Å². The van der Waals surface area contributed by atoms with Crippen LogP contribution in [0.3, 0.4) is 0 Å². The minimum absolute atomic E-state index is 0.308. The molecule has 0 amide bonds. The van der Waals surface area contributed by atoms with Gasteiger partial charge in [-0.1, -0.05) is 29.8 Å². The van der Waals surface area contributed by atoms with Crippen molar-refractivity contribution in [2.75, 3.05) is 7.11 Å². The van der Waals surface area contributed by atoms with Crippen LogP contribution in [0.5, 0.6) is 11.5 Å². The first-order valence-electron chi connectivity index (χ1n) is 7.04. The van der Waals surface area contributed by atoms with Crippen molar-refractivity contribution >= 4 is 17.4 Å². The minimum atomic E-state index is -0.895. The molecule has 2 aromatic rings. The van der Waals surface area contributed by atoms with Crippen LogP contribution >= 0.6 is 11.6 Å². The third-order valence-electron chi connectivity index (χ3n) is 3.37. The van der Waals surface area contributed by atoms with Gasteiger partial charge >= 0.3 is 0 Å². The zero-order chi connectivity index (χ0) is 16.8. The van der Waals surface area contributed by atoms with Crippen molar-refractivity contribution in [3.8, 4) is 17.6 Å². The largest absolute Gasteiger partial charge is 0.497 e. The quantitative estimate of drug-likeness (QED) is 0.804. The van der Waals surface area contributed by atoms with Gasteiger partial charge in [0, 0.05) is 11.1 Å². The lowest BCUT2D eigenvalue weighted by molar-refractivity contribution is -0.125. The average Bonchev–Trinajstić information content (AvgIpc) is 2.57. The van der Waals surface area contributed by atoms with E-state index < -0.39 is 12.0 Å². The van der Waals surface area contributed by atoms with Crippen molar-refractivity contribution in [1.82, 2.24) is 0 Å². The summed E-state index contributed by atoms with van der Waals surface area (Å²) in [6.45, 7) is 1.63. The fourth-order valence-corrected chi connectivity index (χ4v) is 2.26. The van der Waals surface area contributed by atoms with E-state index in [-0.39, 0.29) is 5.78 Å². The molecule has 4 nitrogen and oxygen atoms in total. The predicted molar refractivity (Wildman–Crippen MR) is 87.9 cm³/mol. The second kappa shape index (κ2) is 7.66. The summed E-state index contributed by atoms with van der Waals surface area (Å²) in [4.78, 5) is 12.5. The summed E-state index contributed by atoms with van der Waals surface area (Å²) in [5, 5.41) is 9.89. The number of carbonyl (C=O) groups excluding carboxylic acids is 1. The maximum Gasteiger partial charge on any atom is 0.194 e. The number of carbonyl (C=O) groups is 1. The summed E-state index contributed by atoms with van der Waals surface area (Å²) in [6, 6.07) is 15.7. The molecule has 5 heteroatoms. The number of nitrogens with zero attached hydrogens (tertiary/aromatic N) is 1. The molecule has 0 saturated heterocycles. The lowest BCUT2D eigenvalue weighted by Gasteiger charge is -2.17. The number of hydrogen-bond donors (Lipinski definition) is 0. The van der Waals surface area contributed by atoms with E-state index in [4.69, 9.17) is 21.1 Å². The molecule has 0 fully saturated rings. The van der Waals surface area contributed by atoms with Crippen LogP contribution in [0.15, 0.2) is 48.5 Å². The Labute approximate surface area is 140 Å². The van der Waals surface area contributed by atoms with Crippen LogP contribution in [0, 0.1) is 11.3 Å². The summed E-state index contributed by atoms with van der Waals surface area (Å²) in [7, 11) is 1.56. The van der Waals surface area contributed by atoms with Gasteiger partial charge in [-0.3, -0.25) is 4.79 Å². The van der Waals surface area contributed by atoms with Gasteiger partial charge in [-0.2, -0.15) is 5.26 Å². The Balaban J connectivity index is 2.13. The molecule has 2 aromatic carbocycles. The third kappa shape index (κ3) is 4.24. The fourth-order valence-electron chi connectivity index (χ4n) is 2.13. The number of rotatable bonds is 6. The van der Waals surface area contributed by atoms with Crippen molar-refractivity contribution in [3.05, 3.63) is 59.1 Å². The molecule has 0 saturated carbocycles. The van der Waals surface area contributed by atoms with Crippen LogP contribution in [-0.4, -0.2) is 19.0 Å². The molecule has 0 radical (unpaired) electrons. The highest BCUT2D eigenvalue weighted by Gasteiger charge is 2.26. The average molecular weight is 330 g/mol. The molecule has 2 unspecified atom stereocenters. The first kappa shape index (κ1) is 16.9. The molecule has 2 rings (SSSR count). The topological polar surface area (TPSA) is 59.3 Å². The Bertz CT molecular complexity index is 722.